The largest absolute Gasteiger partial charge is 0.489 e. The first kappa shape index (κ1) is 17.6. The lowest BCUT2D eigenvalue weighted by atomic mass is 10.3. The van der Waals surface area contributed by atoms with Gasteiger partial charge in [-0.3, -0.25) is 4.90 Å². The molecule has 0 atom stereocenters. The van der Waals surface area contributed by atoms with E-state index in [9.17, 15) is 4.79 Å². The molecule has 23 heavy (non-hydrogen) atoms. The summed E-state index contributed by atoms with van der Waals surface area (Å²) >= 11 is 0. The molecule has 0 unspecified atom stereocenters. The molecule has 0 spiro atoms. The first-order chi connectivity index (χ1) is 11.1. The van der Waals surface area contributed by atoms with Gasteiger partial charge >= 0.3 is 6.03 Å². The van der Waals surface area contributed by atoms with Crippen LogP contribution in [0.5, 0.6) is 5.75 Å². The van der Waals surface area contributed by atoms with E-state index in [1.807, 2.05) is 38.1 Å². The number of anilines is 1. The van der Waals surface area contributed by atoms with Gasteiger partial charge in [0, 0.05) is 19.6 Å². The monoisotopic (exact) mass is 321 g/mol. The van der Waals surface area contributed by atoms with Gasteiger partial charge in [0.1, 0.15) is 5.75 Å². The van der Waals surface area contributed by atoms with Crippen LogP contribution in [0.3, 0.4) is 0 Å². The second kappa shape index (κ2) is 9.37. The molecule has 2 rings (SSSR count). The summed E-state index contributed by atoms with van der Waals surface area (Å²) in [6.07, 6.45) is 0.993. The van der Waals surface area contributed by atoms with E-state index >= 15 is 0 Å². The van der Waals surface area contributed by atoms with E-state index < -0.39 is 0 Å². The van der Waals surface area contributed by atoms with Crippen LogP contribution in [0.1, 0.15) is 20.3 Å². The van der Waals surface area contributed by atoms with Crippen LogP contribution < -0.4 is 15.4 Å². The Morgan fingerprint density at radius 2 is 2.04 bits per heavy atom. The highest BCUT2D eigenvalue weighted by Crippen LogP contribution is 2.24. The molecular formula is C17H27N3O3. The lowest BCUT2D eigenvalue weighted by molar-refractivity contribution is 0.0375. The number of nitrogens with one attached hydrogen (secondary N) is 2. The smallest absolute Gasteiger partial charge is 0.319 e. The summed E-state index contributed by atoms with van der Waals surface area (Å²) in [5.74, 6) is 0.686. The fourth-order valence-electron chi connectivity index (χ4n) is 2.42. The molecule has 0 bridgehead atoms. The molecule has 0 saturated carbocycles. The van der Waals surface area contributed by atoms with Gasteiger partial charge in [-0.25, -0.2) is 4.79 Å². The zero-order chi connectivity index (χ0) is 16.5. The fourth-order valence-corrected chi connectivity index (χ4v) is 2.42. The number of carbonyl (C=O) groups excluding carboxylic acids is 1. The summed E-state index contributed by atoms with van der Waals surface area (Å²) in [4.78, 5) is 14.3. The summed E-state index contributed by atoms with van der Waals surface area (Å²) in [5.41, 5.74) is 0.687. The van der Waals surface area contributed by atoms with Crippen molar-refractivity contribution in [3.63, 3.8) is 0 Å². The predicted octanol–water partition coefficient (Wildman–Crippen LogP) is 2.32. The molecule has 1 aliphatic rings. The third-order valence-corrected chi connectivity index (χ3v) is 3.54. The first-order valence-corrected chi connectivity index (χ1v) is 8.26. The van der Waals surface area contributed by atoms with E-state index in [0.717, 1.165) is 39.3 Å². The number of amides is 2. The lowest BCUT2D eigenvalue weighted by Crippen LogP contribution is -2.38. The van der Waals surface area contributed by atoms with Gasteiger partial charge in [0.15, 0.2) is 0 Å². The van der Waals surface area contributed by atoms with Gasteiger partial charge in [-0.05, 0) is 38.9 Å². The number of nitrogens with zero attached hydrogens (tertiary/aromatic N) is 1. The van der Waals surface area contributed by atoms with Crippen molar-refractivity contribution < 1.29 is 14.3 Å². The number of morpholine rings is 1. The number of benzene rings is 1. The van der Waals surface area contributed by atoms with Crippen LogP contribution >= 0.6 is 0 Å². The molecule has 0 radical (unpaired) electrons. The molecule has 2 N–H and O–H groups in total. The van der Waals surface area contributed by atoms with Crippen LogP contribution in [-0.4, -0.2) is 56.4 Å². The maximum absolute atomic E-state index is 12.0. The van der Waals surface area contributed by atoms with E-state index in [2.05, 4.69) is 15.5 Å². The molecule has 6 nitrogen and oxygen atoms in total. The Labute approximate surface area is 138 Å². The standard InChI is InChI=1S/C17H27N3O3/c1-14(2)23-16-7-4-3-6-15(16)19-17(21)18-8-5-9-20-10-12-22-13-11-20/h3-4,6-7,14H,5,8-13H2,1-2H3,(H2,18,19,21). The average Bonchev–Trinajstić information content (AvgIpc) is 2.54. The van der Waals surface area contributed by atoms with Crippen LogP contribution in [0.15, 0.2) is 24.3 Å². The Bertz CT molecular complexity index is 488. The topological polar surface area (TPSA) is 62.8 Å². The average molecular weight is 321 g/mol. The maximum Gasteiger partial charge on any atom is 0.319 e. The predicted molar refractivity (Wildman–Crippen MR) is 91.1 cm³/mol. The lowest BCUT2D eigenvalue weighted by Gasteiger charge is -2.26. The van der Waals surface area contributed by atoms with E-state index in [4.69, 9.17) is 9.47 Å². The molecule has 1 saturated heterocycles. The van der Waals surface area contributed by atoms with Gasteiger partial charge in [-0.1, -0.05) is 12.1 Å². The molecule has 2 amide bonds. The molecule has 6 heteroatoms. The Morgan fingerprint density at radius 1 is 1.30 bits per heavy atom. The number of hydrogen-bond donors (Lipinski definition) is 2. The van der Waals surface area contributed by atoms with Crippen LogP contribution in [0, 0.1) is 0 Å². The summed E-state index contributed by atoms with van der Waals surface area (Å²) in [6, 6.07) is 7.26. The van der Waals surface area contributed by atoms with Gasteiger partial charge in [0.2, 0.25) is 0 Å². The molecule has 0 aliphatic carbocycles. The summed E-state index contributed by atoms with van der Waals surface area (Å²) in [6.45, 7) is 9.12. The number of urea groups is 1. The second-order valence-corrected chi connectivity index (χ2v) is 5.85. The summed E-state index contributed by atoms with van der Waals surface area (Å²) in [5, 5.41) is 5.73. The van der Waals surface area contributed by atoms with Crippen molar-refractivity contribution in [3.8, 4) is 5.75 Å². The van der Waals surface area contributed by atoms with Gasteiger partial charge in [0.25, 0.3) is 0 Å². The minimum Gasteiger partial charge on any atom is -0.489 e. The quantitative estimate of drug-likeness (QED) is 0.757. The molecule has 1 aromatic rings. The number of para-hydroxylation sites is 2. The number of rotatable bonds is 7. The zero-order valence-electron chi connectivity index (χ0n) is 14.0. The van der Waals surface area contributed by atoms with Gasteiger partial charge in [0.05, 0.1) is 25.0 Å². The highest BCUT2D eigenvalue weighted by molar-refractivity contribution is 5.90. The normalized spacial score (nSPS) is 15.4. The third-order valence-electron chi connectivity index (χ3n) is 3.54. The Balaban J connectivity index is 1.70. The zero-order valence-corrected chi connectivity index (χ0v) is 14.0. The highest BCUT2D eigenvalue weighted by atomic mass is 16.5. The van der Waals surface area contributed by atoms with E-state index in [-0.39, 0.29) is 12.1 Å². The van der Waals surface area contributed by atoms with Gasteiger partial charge < -0.3 is 20.1 Å². The molecule has 1 aliphatic heterocycles. The van der Waals surface area contributed by atoms with Crippen LogP contribution in [0.2, 0.25) is 0 Å². The van der Waals surface area contributed by atoms with E-state index in [0.29, 0.717) is 18.0 Å². The van der Waals surface area contributed by atoms with E-state index in [1.54, 1.807) is 0 Å². The molecule has 1 aromatic carbocycles. The first-order valence-electron chi connectivity index (χ1n) is 8.26. The summed E-state index contributed by atoms with van der Waals surface area (Å²) in [7, 11) is 0. The Morgan fingerprint density at radius 3 is 2.78 bits per heavy atom. The molecule has 1 heterocycles. The minimum absolute atomic E-state index is 0.0644. The van der Waals surface area contributed by atoms with Crippen molar-refractivity contribution in [1.82, 2.24) is 10.2 Å². The third kappa shape index (κ3) is 6.46. The van der Waals surface area contributed by atoms with Gasteiger partial charge in [-0.2, -0.15) is 0 Å². The van der Waals surface area contributed by atoms with Crippen LogP contribution in [-0.2, 0) is 4.74 Å². The molecule has 128 valence electrons. The van der Waals surface area contributed by atoms with Crippen molar-refractivity contribution in [2.45, 2.75) is 26.4 Å². The van der Waals surface area contributed by atoms with Crippen molar-refractivity contribution in [2.75, 3.05) is 44.7 Å². The van der Waals surface area contributed by atoms with Crippen molar-refractivity contribution in [2.24, 2.45) is 0 Å². The van der Waals surface area contributed by atoms with Crippen LogP contribution in [0.25, 0.3) is 0 Å². The fraction of sp³-hybridized carbons (Fsp3) is 0.588. The number of carbonyl (C=O) groups is 1. The SMILES string of the molecule is CC(C)Oc1ccccc1NC(=O)NCCCN1CCOCC1. The second-order valence-electron chi connectivity index (χ2n) is 5.85. The molecular weight excluding hydrogens is 294 g/mol. The number of hydrogen-bond acceptors (Lipinski definition) is 4. The summed E-state index contributed by atoms with van der Waals surface area (Å²) < 4.78 is 11.0. The minimum atomic E-state index is -0.202. The number of ether oxygens (including phenoxy) is 2. The maximum atomic E-state index is 12.0. The van der Waals surface area contributed by atoms with E-state index in [1.165, 1.54) is 0 Å². The Kier molecular flexibility index (Phi) is 7.16. The Hall–Kier alpha value is -1.79. The van der Waals surface area contributed by atoms with Gasteiger partial charge in [-0.15, -0.1) is 0 Å². The van der Waals surface area contributed by atoms with Crippen molar-refractivity contribution >= 4 is 11.7 Å². The van der Waals surface area contributed by atoms with Crippen molar-refractivity contribution in [3.05, 3.63) is 24.3 Å². The highest BCUT2D eigenvalue weighted by Gasteiger charge is 2.10. The molecule has 1 fully saturated rings. The van der Waals surface area contributed by atoms with Crippen molar-refractivity contribution in [1.29, 1.82) is 0 Å². The molecule has 0 aromatic heterocycles. The van der Waals surface area contributed by atoms with Crippen LogP contribution in [0.4, 0.5) is 10.5 Å².